The van der Waals surface area contributed by atoms with Gasteiger partial charge in [0.05, 0.1) is 6.61 Å². The molecular formula is C23H30N2O3. The highest BCUT2D eigenvalue weighted by Gasteiger charge is 2.27. The van der Waals surface area contributed by atoms with Gasteiger partial charge in [-0.15, -0.1) is 0 Å². The molecule has 28 heavy (non-hydrogen) atoms. The number of rotatable bonds is 7. The van der Waals surface area contributed by atoms with Crippen LogP contribution in [0, 0.1) is 5.92 Å². The lowest BCUT2D eigenvalue weighted by molar-refractivity contribution is -0.136. The zero-order valence-electron chi connectivity index (χ0n) is 16.8. The number of ether oxygens (including phenoxy) is 1. The number of phenolic OH excluding ortho intramolecular Hbond substituents is 1. The van der Waals surface area contributed by atoms with Crippen molar-refractivity contribution in [1.29, 1.82) is 0 Å². The highest BCUT2D eigenvalue weighted by molar-refractivity contribution is 5.78. The summed E-state index contributed by atoms with van der Waals surface area (Å²) >= 11 is 0. The number of hydrogen-bond donors (Lipinski definition) is 1. The summed E-state index contributed by atoms with van der Waals surface area (Å²) in [6, 6.07) is 15.6. The molecule has 0 aromatic heterocycles. The van der Waals surface area contributed by atoms with Crippen LogP contribution in [0.25, 0.3) is 0 Å². The van der Waals surface area contributed by atoms with E-state index in [0.717, 1.165) is 43.6 Å². The zero-order chi connectivity index (χ0) is 19.9. The van der Waals surface area contributed by atoms with Crippen molar-refractivity contribution < 1.29 is 14.6 Å². The van der Waals surface area contributed by atoms with Crippen LogP contribution in [0.3, 0.4) is 0 Å². The van der Waals surface area contributed by atoms with Gasteiger partial charge in [-0.1, -0.05) is 36.4 Å². The highest BCUT2D eigenvalue weighted by atomic mass is 16.5. The van der Waals surface area contributed by atoms with Crippen molar-refractivity contribution in [3.63, 3.8) is 0 Å². The molecule has 1 fully saturated rings. The van der Waals surface area contributed by atoms with E-state index in [-0.39, 0.29) is 17.6 Å². The normalized spacial score (nSPS) is 15.4. The number of carbonyl (C=O) groups is 1. The molecule has 0 spiro atoms. The number of likely N-dealkylation sites (tertiary alicyclic amines) is 1. The number of carbonyl (C=O) groups excluding carboxylic acids is 1. The monoisotopic (exact) mass is 382 g/mol. The van der Waals surface area contributed by atoms with Gasteiger partial charge in [-0.3, -0.25) is 9.69 Å². The summed E-state index contributed by atoms with van der Waals surface area (Å²) in [4.78, 5) is 17.0. The van der Waals surface area contributed by atoms with Gasteiger partial charge in [-0.05, 0) is 56.1 Å². The number of phenols is 1. The van der Waals surface area contributed by atoms with E-state index in [1.807, 2.05) is 49.2 Å². The van der Waals surface area contributed by atoms with Gasteiger partial charge in [0, 0.05) is 26.1 Å². The van der Waals surface area contributed by atoms with Crippen LogP contribution in [-0.2, 0) is 17.9 Å². The molecule has 1 aliphatic rings. The Balaban J connectivity index is 1.50. The van der Waals surface area contributed by atoms with Crippen LogP contribution < -0.4 is 4.74 Å². The van der Waals surface area contributed by atoms with Crippen molar-refractivity contribution in [3.05, 3.63) is 59.7 Å². The second-order valence-corrected chi connectivity index (χ2v) is 7.47. The molecule has 1 saturated heterocycles. The highest BCUT2D eigenvalue weighted by Crippen LogP contribution is 2.28. The lowest BCUT2D eigenvalue weighted by atomic mass is 9.95. The minimum absolute atomic E-state index is 0.101. The molecule has 0 saturated carbocycles. The summed E-state index contributed by atoms with van der Waals surface area (Å²) in [5, 5.41) is 9.84. The maximum atomic E-state index is 12.8. The predicted octanol–water partition coefficient (Wildman–Crippen LogP) is 3.66. The standard InChI is InChI=1S/C23H30N2O3/c1-3-28-22-15-19(9-10-21(22)26)17-25-13-11-20(12-14-25)23(27)24(2)16-18-7-5-4-6-8-18/h4-10,15,20,26H,3,11-14,16-17H2,1-2H3. The summed E-state index contributed by atoms with van der Waals surface area (Å²) in [6.45, 7) is 5.71. The Kier molecular flexibility index (Phi) is 6.93. The molecule has 1 N–H and O–H groups in total. The van der Waals surface area contributed by atoms with Gasteiger partial charge >= 0.3 is 0 Å². The van der Waals surface area contributed by atoms with Crippen molar-refractivity contribution in [1.82, 2.24) is 9.80 Å². The minimum atomic E-state index is 0.101. The quantitative estimate of drug-likeness (QED) is 0.794. The fourth-order valence-electron chi connectivity index (χ4n) is 3.77. The molecule has 0 bridgehead atoms. The lowest BCUT2D eigenvalue weighted by Gasteiger charge is -2.33. The number of aromatic hydroxyl groups is 1. The topological polar surface area (TPSA) is 53.0 Å². The third kappa shape index (κ3) is 5.26. The average Bonchev–Trinajstić information content (AvgIpc) is 2.71. The Labute approximate surface area is 167 Å². The average molecular weight is 383 g/mol. The second-order valence-electron chi connectivity index (χ2n) is 7.47. The van der Waals surface area contributed by atoms with Gasteiger partial charge in [0.2, 0.25) is 5.91 Å². The molecule has 2 aromatic carbocycles. The van der Waals surface area contributed by atoms with Crippen LogP contribution in [-0.4, -0.2) is 47.6 Å². The number of hydrogen-bond acceptors (Lipinski definition) is 4. The van der Waals surface area contributed by atoms with Crippen molar-refractivity contribution in [3.8, 4) is 11.5 Å². The fraction of sp³-hybridized carbons (Fsp3) is 0.435. The zero-order valence-corrected chi connectivity index (χ0v) is 16.8. The molecule has 3 rings (SSSR count). The Morgan fingerprint density at radius 2 is 1.86 bits per heavy atom. The third-order valence-electron chi connectivity index (χ3n) is 5.31. The maximum Gasteiger partial charge on any atom is 0.225 e. The van der Waals surface area contributed by atoms with E-state index in [9.17, 15) is 9.90 Å². The third-order valence-corrected chi connectivity index (χ3v) is 5.31. The van der Waals surface area contributed by atoms with Gasteiger partial charge in [0.1, 0.15) is 0 Å². The Morgan fingerprint density at radius 1 is 1.14 bits per heavy atom. The Bertz CT molecular complexity index is 771. The van der Waals surface area contributed by atoms with E-state index in [1.54, 1.807) is 6.07 Å². The molecular weight excluding hydrogens is 352 g/mol. The first-order valence-electron chi connectivity index (χ1n) is 10.0. The minimum Gasteiger partial charge on any atom is -0.504 e. The van der Waals surface area contributed by atoms with Crippen molar-refractivity contribution in [2.75, 3.05) is 26.7 Å². The number of benzene rings is 2. The van der Waals surface area contributed by atoms with E-state index < -0.39 is 0 Å². The molecule has 0 unspecified atom stereocenters. The SMILES string of the molecule is CCOc1cc(CN2CCC(C(=O)N(C)Cc3ccccc3)CC2)ccc1O. The maximum absolute atomic E-state index is 12.8. The van der Waals surface area contributed by atoms with E-state index >= 15 is 0 Å². The molecule has 0 atom stereocenters. The summed E-state index contributed by atoms with van der Waals surface area (Å²) in [5.74, 6) is 1.06. The van der Waals surface area contributed by atoms with Gasteiger partial charge in [0.15, 0.2) is 11.5 Å². The Morgan fingerprint density at radius 3 is 2.54 bits per heavy atom. The molecule has 1 heterocycles. The van der Waals surface area contributed by atoms with Crippen molar-refractivity contribution in [2.45, 2.75) is 32.9 Å². The summed E-state index contributed by atoms with van der Waals surface area (Å²) in [5.41, 5.74) is 2.28. The van der Waals surface area contributed by atoms with Gasteiger partial charge < -0.3 is 14.7 Å². The van der Waals surface area contributed by atoms with E-state index in [0.29, 0.717) is 18.9 Å². The van der Waals surface area contributed by atoms with Crippen molar-refractivity contribution in [2.24, 2.45) is 5.92 Å². The molecule has 1 amide bonds. The summed E-state index contributed by atoms with van der Waals surface area (Å²) in [6.07, 6.45) is 1.77. The fourth-order valence-corrected chi connectivity index (χ4v) is 3.77. The van der Waals surface area contributed by atoms with Gasteiger partial charge in [-0.25, -0.2) is 0 Å². The molecule has 150 valence electrons. The number of piperidine rings is 1. The van der Waals surface area contributed by atoms with Gasteiger partial charge in [-0.2, -0.15) is 0 Å². The van der Waals surface area contributed by atoms with Gasteiger partial charge in [0.25, 0.3) is 0 Å². The summed E-state index contributed by atoms with van der Waals surface area (Å²) < 4.78 is 5.47. The predicted molar refractivity (Wildman–Crippen MR) is 110 cm³/mol. The first kappa shape index (κ1) is 20.2. The van der Waals surface area contributed by atoms with Crippen LogP contribution in [0.4, 0.5) is 0 Å². The van der Waals surface area contributed by atoms with E-state index in [4.69, 9.17) is 4.74 Å². The number of nitrogens with zero attached hydrogens (tertiary/aromatic N) is 2. The van der Waals surface area contributed by atoms with Crippen LogP contribution >= 0.6 is 0 Å². The van der Waals surface area contributed by atoms with Crippen LogP contribution in [0.15, 0.2) is 48.5 Å². The largest absolute Gasteiger partial charge is 0.504 e. The van der Waals surface area contributed by atoms with E-state index in [2.05, 4.69) is 17.0 Å². The Hall–Kier alpha value is -2.53. The van der Waals surface area contributed by atoms with Crippen molar-refractivity contribution >= 4 is 5.91 Å². The van der Waals surface area contributed by atoms with Crippen LogP contribution in [0.2, 0.25) is 0 Å². The van der Waals surface area contributed by atoms with Crippen LogP contribution in [0.5, 0.6) is 11.5 Å². The first-order valence-corrected chi connectivity index (χ1v) is 10.0. The molecule has 2 aromatic rings. The molecule has 1 aliphatic heterocycles. The molecule has 0 aliphatic carbocycles. The summed E-state index contributed by atoms with van der Waals surface area (Å²) in [7, 11) is 1.90. The molecule has 5 heteroatoms. The van der Waals surface area contributed by atoms with Crippen LogP contribution in [0.1, 0.15) is 30.9 Å². The molecule has 5 nitrogen and oxygen atoms in total. The van der Waals surface area contributed by atoms with E-state index in [1.165, 1.54) is 0 Å². The smallest absolute Gasteiger partial charge is 0.225 e. The second kappa shape index (κ2) is 9.60. The lowest BCUT2D eigenvalue weighted by Crippen LogP contribution is -2.40. The molecule has 0 radical (unpaired) electrons. The number of amides is 1. The first-order chi connectivity index (χ1) is 13.6.